The summed E-state index contributed by atoms with van der Waals surface area (Å²) >= 11 is 1.54. The van der Waals surface area contributed by atoms with E-state index in [9.17, 15) is 9.59 Å². The lowest BCUT2D eigenvalue weighted by Gasteiger charge is -2.21. The van der Waals surface area contributed by atoms with Crippen molar-refractivity contribution in [1.82, 2.24) is 10.9 Å². The van der Waals surface area contributed by atoms with Crippen LogP contribution in [0.3, 0.4) is 0 Å². The van der Waals surface area contributed by atoms with E-state index in [4.69, 9.17) is 0 Å². The van der Waals surface area contributed by atoms with Crippen LogP contribution in [0.25, 0.3) is 6.08 Å². The Labute approximate surface area is 146 Å². The van der Waals surface area contributed by atoms with Gasteiger partial charge in [-0.3, -0.25) is 20.4 Å². The minimum Gasteiger partial charge on any atom is -0.372 e. The maximum atomic E-state index is 12.0. The smallest absolute Gasteiger partial charge is 0.269 e. The van der Waals surface area contributed by atoms with Gasteiger partial charge >= 0.3 is 0 Å². The minimum atomic E-state index is -0.378. The molecule has 2 aromatic rings. The molecule has 0 aliphatic rings. The van der Waals surface area contributed by atoms with Gasteiger partial charge in [-0.15, -0.1) is 11.3 Å². The monoisotopic (exact) mass is 343 g/mol. The Morgan fingerprint density at radius 2 is 1.79 bits per heavy atom. The number of nitrogens with one attached hydrogen (secondary N) is 2. The van der Waals surface area contributed by atoms with Gasteiger partial charge < -0.3 is 4.90 Å². The lowest BCUT2D eigenvalue weighted by atomic mass is 10.2. The van der Waals surface area contributed by atoms with E-state index in [1.807, 2.05) is 29.6 Å². The van der Waals surface area contributed by atoms with E-state index in [1.54, 1.807) is 18.2 Å². The molecule has 0 radical (unpaired) electrons. The molecule has 24 heavy (non-hydrogen) atoms. The summed E-state index contributed by atoms with van der Waals surface area (Å²) < 4.78 is 0. The fraction of sp³-hybridized carbons (Fsp3) is 0.222. The van der Waals surface area contributed by atoms with Crippen LogP contribution in [0.2, 0.25) is 0 Å². The highest BCUT2D eigenvalue weighted by Gasteiger charge is 2.07. The van der Waals surface area contributed by atoms with Crippen LogP contribution in [0.15, 0.2) is 47.9 Å². The van der Waals surface area contributed by atoms with Gasteiger partial charge in [-0.1, -0.05) is 6.07 Å². The zero-order chi connectivity index (χ0) is 17.4. The number of benzene rings is 1. The maximum absolute atomic E-state index is 12.0. The van der Waals surface area contributed by atoms with Gasteiger partial charge in [0, 0.05) is 35.3 Å². The number of amides is 2. The maximum Gasteiger partial charge on any atom is 0.269 e. The van der Waals surface area contributed by atoms with E-state index in [0.29, 0.717) is 5.56 Å². The van der Waals surface area contributed by atoms with Gasteiger partial charge in [-0.05, 0) is 55.6 Å². The van der Waals surface area contributed by atoms with Crippen LogP contribution in [0.5, 0.6) is 0 Å². The molecule has 0 fully saturated rings. The molecule has 1 aromatic heterocycles. The Balaban J connectivity index is 1.87. The Morgan fingerprint density at radius 3 is 2.38 bits per heavy atom. The van der Waals surface area contributed by atoms with Gasteiger partial charge in [0.05, 0.1) is 0 Å². The fourth-order valence-electron chi connectivity index (χ4n) is 2.19. The van der Waals surface area contributed by atoms with Crippen LogP contribution in [-0.4, -0.2) is 24.9 Å². The fourth-order valence-corrected chi connectivity index (χ4v) is 2.81. The zero-order valence-electron chi connectivity index (χ0n) is 13.8. The molecule has 5 nitrogen and oxygen atoms in total. The summed E-state index contributed by atoms with van der Waals surface area (Å²) in [7, 11) is 0. The van der Waals surface area contributed by atoms with Crippen LogP contribution in [-0.2, 0) is 4.79 Å². The number of hydrogen-bond donors (Lipinski definition) is 2. The van der Waals surface area contributed by atoms with Gasteiger partial charge in [0.1, 0.15) is 0 Å². The second-order valence-corrected chi connectivity index (χ2v) is 5.99. The van der Waals surface area contributed by atoms with Gasteiger partial charge in [0.15, 0.2) is 0 Å². The van der Waals surface area contributed by atoms with E-state index >= 15 is 0 Å². The first-order valence-electron chi connectivity index (χ1n) is 7.81. The van der Waals surface area contributed by atoms with E-state index in [2.05, 4.69) is 29.6 Å². The molecule has 1 heterocycles. The molecule has 0 unspecified atom stereocenters. The molecular weight excluding hydrogens is 322 g/mol. The summed E-state index contributed by atoms with van der Waals surface area (Å²) in [5.41, 5.74) is 6.34. The third-order valence-electron chi connectivity index (χ3n) is 3.50. The van der Waals surface area contributed by atoms with Gasteiger partial charge in [0.25, 0.3) is 11.8 Å². The van der Waals surface area contributed by atoms with Crippen molar-refractivity contribution in [1.29, 1.82) is 0 Å². The lowest BCUT2D eigenvalue weighted by molar-refractivity contribution is -0.117. The molecule has 2 N–H and O–H groups in total. The van der Waals surface area contributed by atoms with Crippen LogP contribution < -0.4 is 15.8 Å². The number of hydrazine groups is 1. The Hall–Kier alpha value is -2.60. The Bertz CT molecular complexity index is 690. The summed E-state index contributed by atoms with van der Waals surface area (Å²) in [5.74, 6) is -0.726. The number of carbonyl (C=O) groups excluding carboxylic acids is 2. The van der Waals surface area contributed by atoms with Crippen molar-refractivity contribution in [2.75, 3.05) is 18.0 Å². The molecule has 0 saturated heterocycles. The van der Waals surface area contributed by atoms with Crippen LogP contribution >= 0.6 is 11.3 Å². The number of anilines is 1. The van der Waals surface area contributed by atoms with Crippen LogP contribution in [0.1, 0.15) is 29.1 Å². The zero-order valence-corrected chi connectivity index (χ0v) is 14.6. The third-order valence-corrected chi connectivity index (χ3v) is 4.34. The van der Waals surface area contributed by atoms with Crippen molar-refractivity contribution in [2.45, 2.75) is 13.8 Å². The van der Waals surface area contributed by atoms with E-state index in [0.717, 1.165) is 23.7 Å². The summed E-state index contributed by atoms with van der Waals surface area (Å²) in [6.07, 6.45) is 3.08. The topological polar surface area (TPSA) is 61.4 Å². The van der Waals surface area contributed by atoms with Crippen molar-refractivity contribution in [2.24, 2.45) is 0 Å². The molecular formula is C18H21N3O2S. The average Bonchev–Trinajstić information content (AvgIpc) is 3.13. The first-order chi connectivity index (χ1) is 11.6. The van der Waals surface area contributed by atoms with Gasteiger partial charge in [-0.25, -0.2) is 0 Å². The number of hydrogen-bond acceptors (Lipinski definition) is 4. The molecule has 1 aromatic carbocycles. The van der Waals surface area contributed by atoms with Gasteiger partial charge in [0.2, 0.25) is 0 Å². The molecule has 0 saturated carbocycles. The highest BCUT2D eigenvalue weighted by molar-refractivity contribution is 7.10. The van der Waals surface area contributed by atoms with Crippen LogP contribution in [0, 0.1) is 0 Å². The second-order valence-electron chi connectivity index (χ2n) is 5.01. The predicted molar refractivity (Wildman–Crippen MR) is 99.0 cm³/mol. The van der Waals surface area contributed by atoms with Crippen molar-refractivity contribution >= 4 is 34.9 Å². The molecule has 0 atom stereocenters. The Morgan fingerprint density at radius 1 is 1.08 bits per heavy atom. The molecule has 0 spiro atoms. The third kappa shape index (κ3) is 4.96. The molecule has 2 amide bonds. The molecule has 0 bridgehead atoms. The van der Waals surface area contributed by atoms with Crippen molar-refractivity contribution in [3.63, 3.8) is 0 Å². The van der Waals surface area contributed by atoms with Gasteiger partial charge in [-0.2, -0.15) is 0 Å². The molecule has 6 heteroatoms. The normalized spacial score (nSPS) is 10.6. The largest absolute Gasteiger partial charge is 0.372 e. The average molecular weight is 343 g/mol. The minimum absolute atomic E-state index is 0.348. The van der Waals surface area contributed by atoms with Crippen LogP contribution in [0.4, 0.5) is 5.69 Å². The first-order valence-corrected chi connectivity index (χ1v) is 8.69. The Kier molecular flexibility index (Phi) is 6.57. The molecule has 126 valence electrons. The SMILES string of the molecule is CCN(CC)c1ccc(C(=O)NNC(=O)/C=C/c2cccs2)cc1. The first kappa shape index (κ1) is 17.7. The van der Waals surface area contributed by atoms with E-state index < -0.39 is 0 Å². The quantitative estimate of drug-likeness (QED) is 0.626. The summed E-state index contributed by atoms with van der Waals surface area (Å²) in [5, 5.41) is 1.93. The lowest BCUT2D eigenvalue weighted by Crippen LogP contribution is -2.40. The second kappa shape index (κ2) is 8.88. The molecule has 0 aliphatic carbocycles. The van der Waals surface area contributed by atoms with Crippen molar-refractivity contribution in [3.05, 3.63) is 58.3 Å². The summed E-state index contributed by atoms with van der Waals surface area (Å²) in [6, 6.07) is 11.1. The predicted octanol–water partition coefficient (Wildman–Crippen LogP) is 3.07. The highest BCUT2D eigenvalue weighted by Crippen LogP contribution is 2.14. The number of rotatable bonds is 6. The standard InChI is InChI=1S/C18H21N3O2S/c1-3-21(4-2)15-9-7-14(8-10-15)18(23)20-19-17(22)12-11-16-6-5-13-24-16/h5-13H,3-4H2,1-2H3,(H,19,22)(H,20,23)/b12-11+. The highest BCUT2D eigenvalue weighted by atomic mass is 32.1. The summed E-state index contributed by atoms with van der Waals surface area (Å²) in [6.45, 7) is 6.00. The van der Waals surface area contributed by atoms with Crippen molar-refractivity contribution < 1.29 is 9.59 Å². The number of carbonyl (C=O) groups is 2. The molecule has 2 rings (SSSR count). The van der Waals surface area contributed by atoms with Crippen molar-refractivity contribution in [3.8, 4) is 0 Å². The molecule has 0 aliphatic heterocycles. The number of thiophene rings is 1. The van der Waals surface area contributed by atoms with E-state index in [1.165, 1.54) is 17.4 Å². The van der Waals surface area contributed by atoms with E-state index in [-0.39, 0.29) is 11.8 Å². The number of nitrogens with zero attached hydrogens (tertiary/aromatic N) is 1. The summed E-state index contributed by atoms with van der Waals surface area (Å²) in [4.78, 5) is 26.9.